The van der Waals surface area contributed by atoms with E-state index in [0.29, 0.717) is 24.3 Å². The first kappa shape index (κ1) is 20.8. The maximum Gasteiger partial charge on any atom is 0.253 e. The van der Waals surface area contributed by atoms with Crippen LogP contribution in [0.25, 0.3) is 0 Å². The molecule has 2 atom stereocenters. The lowest BCUT2D eigenvalue weighted by molar-refractivity contribution is -0.130. The van der Waals surface area contributed by atoms with E-state index in [2.05, 4.69) is 10.6 Å². The predicted octanol–water partition coefficient (Wildman–Crippen LogP) is 2.72. The predicted molar refractivity (Wildman–Crippen MR) is 113 cm³/mol. The second kappa shape index (κ2) is 9.60. The molecule has 0 aromatic heterocycles. The molecule has 3 amide bonds. The van der Waals surface area contributed by atoms with Crippen LogP contribution in [0.2, 0.25) is 0 Å². The van der Waals surface area contributed by atoms with Gasteiger partial charge in [0.2, 0.25) is 11.8 Å². The van der Waals surface area contributed by atoms with Gasteiger partial charge in [-0.25, -0.2) is 0 Å². The molecule has 30 heavy (non-hydrogen) atoms. The number of hydrogen-bond acceptors (Lipinski definition) is 4. The van der Waals surface area contributed by atoms with Crippen LogP contribution in [0.5, 0.6) is 0 Å². The number of para-hydroxylation sites is 1. The number of nitrogens with zero attached hydrogens (tertiary/aromatic N) is 1. The van der Waals surface area contributed by atoms with Crippen LogP contribution in [0.15, 0.2) is 24.3 Å². The number of amides is 3. The fourth-order valence-electron chi connectivity index (χ4n) is 4.78. The molecule has 162 valence electrons. The van der Waals surface area contributed by atoms with Crippen LogP contribution in [0, 0.1) is 5.92 Å². The van der Waals surface area contributed by atoms with Crippen molar-refractivity contribution in [2.45, 2.75) is 63.5 Å². The van der Waals surface area contributed by atoms with E-state index in [1.807, 2.05) is 4.90 Å². The maximum absolute atomic E-state index is 12.9. The third-order valence-corrected chi connectivity index (χ3v) is 6.49. The van der Waals surface area contributed by atoms with E-state index in [9.17, 15) is 14.4 Å². The van der Waals surface area contributed by atoms with Gasteiger partial charge in [-0.3, -0.25) is 14.4 Å². The molecule has 2 aliphatic heterocycles. The van der Waals surface area contributed by atoms with Crippen molar-refractivity contribution in [3.8, 4) is 0 Å². The van der Waals surface area contributed by atoms with Gasteiger partial charge < -0.3 is 20.3 Å². The molecule has 3 fully saturated rings. The highest BCUT2D eigenvalue weighted by molar-refractivity contribution is 6.05. The number of ether oxygens (including phenoxy) is 1. The minimum atomic E-state index is -0.373. The zero-order valence-corrected chi connectivity index (χ0v) is 17.4. The van der Waals surface area contributed by atoms with Crippen molar-refractivity contribution in [3.05, 3.63) is 29.8 Å². The van der Waals surface area contributed by atoms with Crippen molar-refractivity contribution in [2.75, 3.05) is 25.0 Å². The number of benzene rings is 1. The van der Waals surface area contributed by atoms with Crippen molar-refractivity contribution < 1.29 is 19.1 Å². The molecule has 2 heterocycles. The molecule has 0 unspecified atom stereocenters. The van der Waals surface area contributed by atoms with Gasteiger partial charge in [-0.05, 0) is 37.8 Å². The van der Waals surface area contributed by atoms with E-state index in [1.54, 1.807) is 24.3 Å². The molecule has 1 aromatic rings. The summed E-state index contributed by atoms with van der Waals surface area (Å²) in [7, 11) is 0. The SMILES string of the molecule is O=C(NC[C@@H]1CCCO1)c1ccccc1NC(=O)[C@H]1CC(=O)N(C2CCCCC2)C1. The Hall–Kier alpha value is -2.41. The molecule has 1 aliphatic carbocycles. The molecule has 0 spiro atoms. The Morgan fingerprint density at radius 2 is 1.87 bits per heavy atom. The van der Waals surface area contributed by atoms with Crippen molar-refractivity contribution in [2.24, 2.45) is 5.92 Å². The Kier molecular flexibility index (Phi) is 6.67. The van der Waals surface area contributed by atoms with Crippen LogP contribution >= 0.6 is 0 Å². The van der Waals surface area contributed by atoms with Gasteiger partial charge >= 0.3 is 0 Å². The number of carbonyl (C=O) groups excluding carboxylic acids is 3. The van der Waals surface area contributed by atoms with Gasteiger partial charge in [0, 0.05) is 32.2 Å². The Morgan fingerprint density at radius 3 is 2.63 bits per heavy atom. The van der Waals surface area contributed by atoms with E-state index >= 15 is 0 Å². The highest BCUT2D eigenvalue weighted by Crippen LogP contribution is 2.29. The van der Waals surface area contributed by atoms with Gasteiger partial charge in [0.25, 0.3) is 5.91 Å². The number of likely N-dealkylation sites (tertiary alicyclic amines) is 1. The van der Waals surface area contributed by atoms with E-state index in [4.69, 9.17) is 4.74 Å². The minimum Gasteiger partial charge on any atom is -0.376 e. The quantitative estimate of drug-likeness (QED) is 0.751. The van der Waals surface area contributed by atoms with Crippen molar-refractivity contribution in [1.29, 1.82) is 0 Å². The topological polar surface area (TPSA) is 87.7 Å². The van der Waals surface area contributed by atoms with Gasteiger partial charge in [-0.2, -0.15) is 0 Å². The summed E-state index contributed by atoms with van der Waals surface area (Å²) in [5, 5.41) is 5.80. The zero-order chi connectivity index (χ0) is 20.9. The second-order valence-electron chi connectivity index (χ2n) is 8.62. The normalized spacial score (nSPS) is 24.8. The van der Waals surface area contributed by atoms with Crippen LogP contribution in [-0.4, -0.2) is 54.5 Å². The molecular formula is C23H31N3O4. The van der Waals surface area contributed by atoms with E-state index in [1.165, 1.54) is 6.42 Å². The molecule has 3 aliphatic rings. The highest BCUT2D eigenvalue weighted by Gasteiger charge is 2.38. The number of carbonyl (C=O) groups is 3. The van der Waals surface area contributed by atoms with Gasteiger partial charge in [-0.1, -0.05) is 31.4 Å². The number of hydrogen-bond donors (Lipinski definition) is 2. The van der Waals surface area contributed by atoms with E-state index in [-0.39, 0.29) is 42.2 Å². The molecule has 2 saturated heterocycles. The van der Waals surface area contributed by atoms with Crippen molar-refractivity contribution in [3.63, 3.8) is 0 Å². The largest absolute Gasteiger partial charge is 0.376 e. The summed E-state index contributed by atoms with van der Waals surface area (Å²) in [4.78, 5) is 39.9. The molecule has 4 rings (SSSR count). The molecule has 0 bridgehead atoms. The molecule has 7 nitrogen and oxygen atoms in total. The maximum atomic E-state index is 12.9. The van der Waals surface area contributed by atoms with E-state index < -0.39 is 0 Å². The van der Waals surface area contributed by atoms with Crippen LogP contribution in [0.4, 0.5) is 5.69 Å². The summed E-state index contributed by atoms with van der Waals surface area (Å²) >= 11 is 0. The number of nitrogens with one attached hydrogen (secondary N) is 2. The first-order chi connectivity index (χ1) is 14.6. The molecule has 0 radical (unpaired) electrons. The highest BCUT2D eigenvalue weighted by atomic mass is 16.5. The summed E-state index contributed by atoms with van der Waals surface area (Å²) in [5.74, 6) is -0.721. The smallest absolute Gasteiger partial charge is 0.253 e. The van der Waals surface area contributed by atoms with Crippen LogP contribution in [0.1, 0.15) is 61.7 Å². The lowest BCUT2D eigenvalue weighted by Gasteiger charge is -2.31. The Morgan fingerprint density at radius 1 is 1.07 bits per heavy atom. The third kappa shape index (κ3) is 4.83. The summed E-state index contributed by atoms with van der Waals surface area (Å²) in [6, 6.07) is 7.28. The average Bonchev–Trinajstić information content (AvgIpc) is 3.43. The first-order valence-electron chi connectivity index (χ1n) is 11.2. The molecular weight excluding hydrogens is 382 g/mol. The summed E-state index contributed by atoms with van der Waals surface area (Å²) in [5.41, 5.74) is 0.910. The van der Waals surface area contributed by atoms with Gasteiger partial charge in [0.1, 0.15) is 0 Å². The van der Waals surface area contributed by atoms with Gasteiger partial charge in [-0.15, -0.1) is 0 Å². The zero-order valence-electron chi connectivity index (χ0n) is 17.4. The third-order valence-electron chi connectivity index (χ3n) is 6.49. The lowest BCUT2D eigenvalue weighted by atomic mass is 9.94. The minimum absolute atomic E-state index is 0.0611. The molecule has 7 heteroatoms. The van der Waals surface area contributed by atoms with Gasteiger partial charge in [0.15, 0.2) is 0 Å². The first-order valence-corrected chi connectivity index (χ1v) is 11.2. The number of rotatable bonds is 6. The second-order valence-corrected chi connectivity index (χ2v) is 8.62. The van der Waals surface area contributed by atoms with Crippen LogP contribution < -0.4 is 10.6 Å². The summed E-state index contributed by atoms with van der Waals surface area (Å²) < 4.78 is 5.55. The Balaban J connectivity index is 1.36. The fraction of sp³-hybridized carbons (Fsp3) is 0.609. The van der Waals surface area contributed by atoms with Crippen molar-refractivity contribution in [1.82, 2.24) is 10.2 Å². The average molecular weight is 414 g/mol. The molecule has 1 aromatic carbocycles. The molecule has 2 N–H and O–H groups in total. The lowest BCUT2D eigenvalue weighted by Crippen LogP contribution is -2.38. The van der Waals surface area contributed by atoms with Crippen molar-refractivity contribution >= 4 is 23.4 Å². The van der Waals surface area contributed by atoms with E-state index in [0.717, 1.165) is 45.1 Å². The fourth-order valence-corrected chi connectivity index (χ4v) is 4.78. The summed E-state index contributed by atoms with van der Waals surface area (Å²) in [6.07, 6.45) is 7.88. The van der Waals surface area contributed by atoms with Crippen LogP contribution in [-0.2, 0) is 14.3 Å². The van der Waals surface area contributed by atoms with Gasteiger partial charge in [0.05, 0.1) is 23.3 Å². The number of anilines is 1. The standard InChI is InChI=1S/C23H31N3O4/c27-21-13-16(15-26(21)17-7-2-1-3-8-17)22(28)25-20-11-5-4-10-19(20)23(29)24-14-18-9-6-12-30-18/h4-5,10-11,16-18H,1-3,6-9,12-15H2,(H,24,29)(H,25,28)/t16-,18-/m0/s1. The van der Waals surface area contributed by atoms with Crippen LogP contribution in [0.3, 0.4) is 0 Å². The summed E-state index contributed by atoms with van der Waals surface area (Å²) in [6.45, 7) is 1.68. The monoisotopic (exact) mass is 413 g/mol. The Bertz CT molecular complexity index is 784. The Labute approximate surface area is 177 Å². The molecule has 1 saturated carbocycles.